The molecule has 1 rings (SSSR count). The second-order valence-electron chi connectivity index (χ2n) is 3.71. The number of rotatable bonds is 4. The summed E-state index contributed by atoms with van der Waals surface area (Å²) in [6.07, 6.45) is 1.61. The van der Waals surface area contributed by atoms with E-state index in [0.29, 0.717) is 0 Å². The zero-order valence-electron chi connectivity index (χ0n) is 9.18. The van der Waals surface area contributed by atoms with Gasteiger partial charge in [-0.25, -0.2) is 0 Å². The zero-order chi connectivity index (χ0) is 10.6. The first-order chi connectivity index (χ1) is 6.68. The van der Waals surface area contributed by atoms with E-state index in [-0.39, 0.29) is 5.95 Å². The summed E-state index contributed by atoms with van der Waals surface area (Å²) < 4.78 is 18.1. The zero-order valence-corrected chi connectivity index (χ0v) is 12.0. The molecule has 0 unspecified atom stereocenters. The van der Waals surface area contributed by atoms with Gasteiger partial charge in [-0.1, -0.05) is 0 Å². The van der Waals surface area contributed by atoms with Crippen molar-refractivity contribution >= 4 is 22.0 Å². The van der Waals surface area contributed by atoms with Crippen molar-refractivity contribution in [3.8, 4) is 0 Å². The number of aromatic nitrogens is 1. The second kappa shape index (κ2) is 5.10. The van der Waals surface area contributed by atoms with Crippen LogP contribution in [0.3, 0.4) is 0 Å². The van der Waals surface area contributed by atoms with Crippen LogP contribution < -0.4 is 3.58 Å². The van der Waals surface area contributed by atoms with Gasteiger partial charge >= 0.3 is 89.7 Å². The molecule has 1 heterocycles. The molecule has 14 heavy (non-hydrogen) atoms. The Morgan fingerprint density at radius 2 is 1.79 bits per heavy atom. The SMILES string of the molecule is C[CH2][Sn]([CH2]C)([CH2]C)[c]1ccnc(F)c1. The normalized spacial score (nSPS) is 11.7. The first-order valence-corrected chi connectivity index (χ1v) is 12.8. The summed E-state index contributed by atoms with van der Waals surface area (Å²) in [4.78, 5) is 3.62. The Hall–Kier alpha value is -0.121. The summed E-state index contributed by atoms with van der Waals surface area (Å²) in [6.45, 7) is 6.75. The summed E-state index contributed by atoms with van der Waals surface area (Å²) >= 11 is -2.19. The molecule has 0 amide bonds. The van der Waals surface area contributed by atoms with Gasteiger partial charge in [0.2, 0.25) is 0 Å². The molecule has 0 saturated carbocycles. The average Bonchev–Trinajstić information content (AvgIpc) is 2.22. The van der Waals surface area contributed by atoms with Crippen LogP contribution in [0.5, 0.6) is 0 Å². The number of hydrogen-bond donors (Lipinski definition) is 0. The van der Waals surface area contributed by atoms with Gasteiger partial charge in [-0.3, -0.25) is 0 Å². The van der Waals surface area contributed by atoms with Crippen LogP contribution in [0.2, 0.25) is 13.3 Å². The van der Waals surface area contributed by atoms with E-state index in [4.69, 9.17) is 0 Å². The third kappa shape index (κ3) is 2.27. The number of nitrogens with zero attached hydrogens (tertiary/aromatic N) is 1. The van der Waals surface area contributed by atoms with E-state index >= 15 is 0 Å². The molecular formula is C11H18FNSn. The molecule has 1 aromatic heterocycles. The van der Waals surface area contributed by atoms with Gasteiger partial charge in [-0.05, 0) is 0 Å². The second-order valence-corrected chi connectivity index (χ2v) is 18.7. The van der Waals surface area contributed by atoms with Crippen molar-refractivity contribution in [1.29, 1.82) is 0 Å². The molecular weight excluding hydrogens is 284 g/mol. The van der Waals surface area contributed by atoms with Crippen LogP contribution in [0.1, 0.15) is 20.8 Å². The fraction of sp³-hybridized carbons (Fsp3) is 0.545. The van der Waals surface area contributed by atoms with Gasteiger partial charge in [-0.2, -0.15) is 0 Å². The molecule has 0 atom stereocenters. The predicted octanol–water partition coefficient (Wildman–Crippen LogP) is 2.94. The fourth-order valence-corrected chi connectivity index (χ4v) is 12.3. The summed E-state index contributed by atoms with van der Waals surface area (Å²) in [6, 6.07) is 3.68. The van der Waals surface area contributed by atoms with Crippen molar-refractivity contribution in [1.82, 2.24) is 4.98 Å². The number of hydrogen-bond acceptors (Lipinski definition) is 1. The van der Waals surface area contributed by atoms with E-state index < -0.39 is 18.4 Å². The Bertz CT molecular complexity index is 289. The molecule has 0 aromatic carbocycles. The van der Waals surface area contributed by atoms with Gasteiger partial charge in [0.1, 0.15) is 0 Å². The van der Waals surface area contributed by atoms with Gasteiger partial charge in [0, 0.05) is 0 Å². The van der Waals surface area contributed by atoms with Crippen LogP contribution in [0.4, 0.5) is 4.39 Å². The van der Waals surface area contributed by atoms with Gasteiger partial charge < -0.3 is 0 Å². The molecule has 0 fully saturated rings. The Morgan fingerprint density at radius 1 is 1.21 bits per heavy atom. The van der Waals surface area contributed by atoms with Crippen LogP contribution in [0.15, 0.2) is 18.3 Å². The van der Waals surface area contributed by atoms with E-state index in [2.05, 4.69) is 25.8 Å². The molecule has 0 bridgehead atoms. The minimum absolute atomic E-state index is 0.320. The molecule has 0 spiro atoms. The molecule has 1 nitrogen and oxygen atoms in total. The standard InChI is InChI=1S/C5H3FN.3C2H5.Sn/c6-5-3-1-2-4-7-5;3*1-2;/h2-4H;3*1H2,2H3;. The molecule has 0 radical (unpaired) electrons. The van der Waals surface area contributed by atoms with E-state index in [1.54, 1.807) is 12.3 Å². The van der Waals surface area contributed by atoms with Crippen molar-refractivity contribution in [3.63, 3.8) is 0 Å². The predicted molar refractivity (Wildman–Crippen MR) is 61.0 cm³/mol. The summed E-state index contributed by atoms with van der Waals surface area (Å²) in [5.41, 5.74) is 0. The van der Waals surface area contributed by atoms with Crippen LogP contribution in [-0.4, -0.2) is 23.4 Å². The monoisotopic (exact) mass is 303 g/mol. The van der Waals surface area contributed by atoms with Crippen LogP contribution >= 0.6 is 0 Å². The average molecular weight is 302 g/mol. The van der Waals surface area contributed by atoms with Gasteiger partial charge in [-0.15, -0.1) is 0 Å². The Kier molecular flexibility index (Phi) is 4.35. The first-order valence-electron chi connectivity index (χ1n) is 5.30. The van der Waals surface area contributed by atoms with Crippen molar-refractivity contribution in [2.45, 2.75) is 34.1 Å². The molecule has 0 N–H and O–H groups in total. The Morgan fingerprint density at radius 3 is 2.21 bits per heavy atom. The molecule has 0 saturated heterocycles. The number of pyridine rings is 1. The molecule has 0 aliphatic heterocycles. The van der Waals surface area contributed by atoms with Gasteiger partial charge in [0.05, 0.1) is 0 Å². The van der Waals surface area contributed by atoms with E-state index in [1.807, 2.05) is 6.07 Å². The maximum absolute atomic E-state index is 13.0. The number of halogens is 1. The third-order valence-electron chi connectivity index (χ3n) is 3.37. The van der Waals surface area contributed by atoms with Gasteiger partial charge in [0.15, 0.2) is 0 Å². The van der Waals surface area contributed by atoms with Crippen molar-refractivity contribution in [2.75, 3.05) is 0 Å². The molecule has 0 aliphatic carbocycles. The quantitative estimate of drug-likeness (QED) is 0.615. The molecule has 0 aliphatic rings. The topological polar surface area (TPSA) is 12.9 Å². The van der Waals surface area contributed by atoms with Crippen molar-refractivity contribution in [2.24, 2.45) is 0 Å². The summed E-state index contributed by atoms with van der Waals surface area (Å²) in [7, 11) is 0. The fourth-order valence-electron chi connectivity index (χ4n) is 2.09. The van der Waals surface area contributed by atoms with Crippen LogP contribution in [0, 0.1) is 5.95 Å². The molecule has 3 heteroatoms. The third-order valence-corrected chi connectivity index (χ3v) is 19.3. The minimum atomic E-state index is -2.19. The summed E-state index contributed by atoms with van der Waals surface area (Å²) in [5, 5.41) is 0. The first kappa shape index (κ1) is 12.0. The van der Waals surface area contributed by atoms with Gasteiger partial charge in [0.25, 0.3) is 0 Å². The molecule has 1 aromatic rings. The van der Waals surface area contributed by atoms with Crippen molar-refractivity contribution in [3.05, 3.63) is 24.3 Å². The summed E-state index contributed by atoms with van der Waals surface area (Å²) in [5.74, 6) is -0.320. The Balaban J connectivity index is 3.10. The van der Waals surface area contributed by atoms with E-state index in [1.165, 1.54) is 16.9 Å². The Labute approximate surface area is 89.6 Å². The van der Waals surface area contributed by atoms with E-state index in [0.717, 1.165) is 0 Å². The van der Waals surface area contributed by atoms with E-state index in [9.17, 15) is 4.39 Å². The van der Waals surface area contributed by atoms with Crippen LogP contribution in [-0.2, 0) is 0 Å². The van der Waals surface area contributed by atoms with Crippen molar-refractivity contribution < 1.29 is 4.39 Å². The maximum atomic E-state index is 13.0. The molecule has 78 valence electrons. The van der Waals surface area contributed by atoms with Crippen LogP contribution in [0.25, 0.3) is 0 Å².